The van der Waals surface area contributed by atoms with Crippen molar-refractivity contribution in [2.45, 2.75) is 30.8 Å². The molecule has 1 aliphatic heterocycles. The van der Waals surface area contributed by atoms with Gasteiger partial charge in [0.1, 0.15) is 0 Å². The van der Waals surface area contributed by atoms with Gasteiger partial charge in [-0.25, -0.2) is 13.4 Å². The van der Waals surface area contributed by atoms with Crippen LogP contribution in [-0.4, -0.2) is 29.2 Å². The lowest BCUT2D eigenvalue weighted by atomic mass is 10.0. The van der Waals surface area contributed by atoms with E-state index in [0.717, 1.165) is 24.0 Å². The van der Waals surface area contributed by atoms with Crippen molar-refractivity contribution in [3.05, 3.63) is 47.9 Å². The van der Waals surface area contributed by atoms with Crippen LogP contribution in [0.2, 0.25) is 0 Å². The highest BCUT2D eigenvalue weighted by Crippen LogP contribution is 2.36. The van der Waals surface area contributed by atoms with Gasteiger partial charge in [-0.1, -0.05) is 29.8 Å². The first-order valence-corrected chi connectivity index (χ1v) is 8.10. The molecule has 0 aliphatic carbocycles. The highest BCUT2D eigenvalue weighted by Gasteiger charge is 2.36. The maximum absolute atomic E-state index is 12.6. The smallest absolute Gasteiger partial charge is 0.260 e. The fourth-order valence-electron chi connectivity index (χ4n) is 2.75. The van der Waals surface area contributed by atoms with Gasteiger partial charge < -0.3 is 4.98 Å². The Morgan fingerprint density at radius 1 is 1.40 bits per heavy atom. The lowest BCUT2D eigenvalue weighted by Crippen LogP contribution is -2.31. The number of aromatic amines is 1. The van der Waals surface area contributed by atoms with Gasteiger partial charge >= 0.3 is 0 Å². The van der Waals surface area contributed by atoms with Gasteiger partial charge in [-0.05, 0) is 25.3 Å². The third-order valence-electron chi connectivity index (χ3n) is 3.69. The van der Waals surface area contributed by atoms with Crippen LogP contribution in [0.3, 0.4) is 0 Å². The van der Waals surface area contributed by atoms with Crippen LogP contribution in [0.25, 0.3) is 0 Å². The van der Waals surface area contributed by atoms with Crippen molar-refractivity contribution in [1.82, 2.24) is 14.3 Å². The molecule has 1 aromatic carbocycles. The Morgan fingerprint density at radius 2 is 2.25 bits per heavy atom. The first-order valence-electron chi connectivity index (χ1n) is 6.66. The van der Waals surface area contributed by atoms with Crippen LogP contribution in [-0.2, 0) is 10.0 Å². The van der Waals surface area contributed by atoms with E-state index in [1.54, 1.807) is 4.31 Å². The van der Waals surface area contributed by atoms with Crippen LogP contribution in [0.15, 0.2) is 41.8 Å². The van der Waals surface area contributed by atoms with Gasteiger partial charge in [-0.15, -0.1) is 0 Å². The minimum atomic E-state index is -3.49. The maximum Gasteiger partial charge on any atom is 0.260 e. The van der Waals surface area contributed by atoms with E-state index in [1.807, 2.05) is 25.1 Å². The van der Waals surface area contributed by atoms with Crippen LogP contribution in [0.5, 0.6) is 0 Å². The molecule has 1 aliphatic rings. The lowest BCUT2D eigenvalue weighted by molar-refractivity contribution is 0.395. The molecule has 0 radical (unpaired) electrons. The molecule has 1 aromatic heterocycles. The Balaban J connectivity index is 1.98. The van der Waals surface area contributed by atoms with E-state index >= 15 is 0 Å². The summed E-state index contributed by atoms with van der Waals surface area (Å²) in [6.07, 6.45) is 4.49. The van der Waals surface area contributed by atoms with Gasteiger partial charge in [0.05, 0.1) is 18.6 Å². The van der Waals surface area contributed by atoms with Crippen molar-refractivity contribution in [3.8, 4) is 0 Å². The SMILES string of the molecule is Cc1cccc(C2CCCN2S(=O)(=O)c2cnc[nH]2)c1. The summed E-state index contributed by atoms with van der Waals surface area (Å²) in [5.41, 5.74) is 2.21. The number of hydrogen-bond acceptors (Lipinski definition) is 3. The highest BCUT2D eigenvalue weighted by molar-refractivity contribution is 7.89. The number of rotatable bonds is 3. The summed E-state index contributed by atoms with van der Waals surface area (Å²) in [4.78, 5) is 6.51. The molecule has 5 nitrogen and oxygen atoms in total. The normalized spacial score (nSPS) is 20.4. The van der Waals surface area contributed by atoms with Crippen LogP contribution >= 0.6 is 0 Å². The largest absolute Gasteiger partial charge is 0.335 e. The van der Waals surface area contributed by atoms with E-state index in [1.165, 1.54) is 12.5 Å². The predicted molar refractivity (Wildman–Crippen MR) is 75.6 cm³/mol. The van der Waals surface area contributed by atoms with Crippen molar-refractivity contribution < 1.29 is 8.42 Å². The summed E-state index contributed by atoms with van der Waals surface area (Å²) < 4.78 is 26.8. The molecule has 1 N–H and O–H groups in total. The second-order valence-corrected chi connectivity index (χ2v) is 6.96. The molecule has 20 heavy (non-hydrogen) atoms. The number of hydrogen-bond donors (Lipinski definition) is 1. The quantitative estimate of drug-likeness (QED) is 0.943. The zero-order chi connectivity index (χ0) is 14.2. The first kappa shape index (κ1) is 13.3. The van der Waals surface area contributed by atoms with E-state index in [9.17, 15) is 8.42 Å². The van der Waals surface area contributed by atoms with Gasteiger partial charge in [0, 0.05) is 6.54 Å². The Labute approximate surface area is 118 Å². The topological polar surface area (TPSA) is 66.1 Å². The number of sulfonamides is 1. The first-order chi connectivity index (χ1) is 9.59. The molecular formula is C14H17N3O2S. The molecule has 3 rings (SSSR count). The lowest BCUT2D eigenvalue weighted by Gasteiger charge is -2.23. The molecule has 0 bridgehead atoms. The Kier molecular flexibility index (Phi) is 3.35. The summed E-state index contributed by atoms with van der Waals surface area (Å²) in [5, 5.41) is 0.164. The van der Waals surface area contributed by atoms with Crippen LogP contribution in [0.4, 0.5) is 0 Å². The molecular weight excluding hydrogens is 274 g/mol. The molecule has 2 aromatic rings. The molecule has 0 saturated carbocycles. The minimum Gasteiger partial charge on any atom is -0.335 e. The second-order valence-electron chi connectivity index (χ2n) is 5.10. The standard InChI is InChI=1S/C14H17N3O2S/c1-11-4-2-5-12(8-11)13-6-3-7-17(13)20(18,19)14-9-15-10-16-14/h2,4-5,8-10,13H,3,6-7H2,1H3,(H,15,16). The summed E-state index contributed by atoms with van der Waals surface area (Å²) in [6, 6.07) is 7.98. The summed E-state index contributed by atoms with van der Waals surface area (Å²) in [6.45, 7) is 2.58. The molecule has 1 unspecified atom stereocenters. The summed E-state index contributed by atoms with van der Waals surface area (Å²) in [5.74, 6) is 0. The van der Waals surface area contributed by atoms with Crippen molar-refractivity contribution in [2.24, 2.45) is 0 Å². The van der Waals surface area contributed by atoms with Crippen molar-refractivity contribution in [1.29, 1.82) is 0 Å². The van der Waals surface area contributed by atoms with Gasteiger partial charge in [-0.3, -0.25) is 0 Å². The second kappa shape index (κ2) is 5.03. The van der Waals surface area contributed by atoms with E-state index in [-0.39, 0.29) is 11.1 Å². The molecule has 1 fully saturated rings. The third kappa shape index (κ3) is 2.25. The zero-order valence-electron chi connectivity index (χ0n) is 11.3. The average molecular weight is 291 g/mol. The van der Waals surface area contributed by atoms with E-state index in [2.05, 4.69) is 16.0 Å². The summed E-state index contributed by atoms with van der Waals surface area (Å²) >= 11 is 0. The van der Waals surface area contributed by atoms with Gasteiger partial charge in [0.2, 0.25) is 0 Å². The molecule has 0 spiro atoms. The number of aromatic nitrogens is 2. The molecule has 2 heterocycles. The Bertz CT molecular complexity index is 695. The fourth-order valence-corrected chi connectivity index (χ4v) is 4.33. The predicted octanol–water partition coefficient (Wildman–Crippen LogP) is 2.24. The van der Waals surface area contributed by atoms with Crippen LogP contribution in [0, 0.1) is 6.92 Å². The highest BCUT2D eigenvalue weighted by atomic mass is 32.2. The molecule has 1 saturated heterocycles. The average Bonchev–Trinajstić information content (AvgIpc) is 3.11. The maximum atomic E-state index is 12.6. The van der Waals surface area contributed by atoms with Crippen molar-refractivity contribution in [2.75, 3.05) is 6.54 Å². The number of benzene rings is 1. The summed E-state index contributed by atoms with van der Waals surface area (Å²) in [7, 11) is -3.49. The fraction of sp³-hybridized carbons (Fsp3) is 0.357. The monoisotopic (exact) mass is 291 g/mol. The molecule has 1 atom stereocenters. The zero-order valence-corrected chi connectivity index (χ0v) is 12.1. The van der Waals surface area contributed by atoms with Crippen molar-refractivity contribution >= 4 is 10.0 Å². The minimum absolute atomic E-state index is 0.0804. The number of aryl methyl sites for hydroxylation is 1. The van der Waals surface area contributed by atoms with Gasteiger partial charge in [-0.2, -0.15) is 4.31 Å². The third-order valence-corrected chi connectivity index (χ3v) is 5.52. The van der Waals surface area contributed by atoms with E-state index in [0.29, 0.717) is 6.54 Å². The van der Waals surface area contributed by atoms with Crippen LogP contribution in [0.1, 0.15) is 30.0 Å². The van der Waals surface area contributed by atoms with Gasteiger partial charge in [0.15, 0.2) is 5.03 Å². The Morgan fingerprint density at radius 3 is 2.95 bits per heavy atom. The number of H-pyrrole nitrogens is 1. The van der Waals surface area contributed by atoms with E-state index in [4.69, 9.17) is 0 Å². The molecule has 106 valence electrons. The van der Waals surface area contributed by atoms with Crippen molar-refractivity contribution in [3.63, 3.8) is 0 Å². The molecule has 0 amide bonds. The molecule has 6 heteroatoms. The van der Waals surface area contributed by atoms with Crippen LogP contribution < -0.4 is 0 Å². The number of imidazole rings is 1. The van der Waals surface area contributed by atoms with E-state index < -0.39 is 10.0 Å². The van der Waals surface area contributed by atoms with Gasteiger partial charge in [0.25, 0.3) is 10.0 Å². The Hall–Kier alpha value is -1.66. The number of nitrogens with zero attached hydrogens (tertiary/aromatic N) is 2. The number of nitrogens with one attached hydrogen (secondary N) is 1.